The second-order valence-electron chi connectivity index (χ2n) is 5.72. The predicted molar refractivity (Wildman–Crippen MR) is 83.6 cm³/mol. The van der Waals surface area contributed by atoms with Crippen LogP contribution >= 0.6 is 24.8 Å². The van der Waals surface area contributed by atoms with Crippen LogP contribution in [0.1, 0.15) is 19.3 Å². The van der Waals surface area contributed by atoms with Crippen molar-refractivity contribution >= 4 is 24.8 Å². The molecule has 2 rings (SSSR count). The normalized spacial score (nSPS) is 22.4. The summed E-state index contributed by atoms with van der Waals surface area (Å²) in [6.07, 6.45) is -0.375. The quantitative estimate of drug-likeness (QED) is 0.838. The minimum atomic E-state index is -4.06. The summed E-state index contributed by atoms with van der Waals surface area (Å²) >= 11 is 0. The molecule has 0 aliphatic carbocycles. The van der Waals surface area contributed by atoms with Crippen LogP contribution in [0.3, 0.4) is 0 Å². The van der Waals surface area contributed by atoms with E-state index in [0.29, 0.717) is 13.1 Å². The van der Waals surface area contributed by atoms with E-state index < -0.39 is 12.7 Å². The number of hydrogen-bond donors (Lipinski definition) is 1. The van der Waals surface area contributed by atoms with Gasteiger partial charge < -0.3 is 10.2 Å². The minimum absolute atomic E-state index is 0. The first kappa shape index (κ1) is 21.2. The van der Waals surface area contributed by atoms with Crippen LogP contribution in [-0.2, 0) is 0 Å². The van der Waals surface area contributed by atoms with Gasteiger partial charge in [0.15, 0.2) is 0 Å². The fourth-order valence-corrected chi connectivity index (χ4v) is 2.96. The van der Waals surface area contributed by atoms with E-state index in [1.807, 2.05) is 0 Å². The number of halogens is 5. The van der Waals surface area contributed by atoms with Gasteiger partial charge in [0.2, 0.25) is 0 Å². The monoisotopic (exact) mass is 351 g/mol. The molecule has 0 unspecified atom stereocenters. The van der Waals surface area contributed by atoms with Crippen molar-refractivity contribution in [1.29, 1.82) is 0 Å². The average molecular weight is 352 g/mol. The lowest BCUT2D eigenvalue weighted by Gasteiger charge is -2.35. The Morgan fingerprint density at radius 2 is 1.43 bits per heavy atom. The van der Waals surface area contributed by atoms with Gasteiger partial charge in [0.25, 0.3) is 0 Å². The van der Waals surface area contributed by atoms with Gasteiger partial charge in [-0.1, -0.05) is 0 Å². The Labute approximate surface area is 137 Å². The van der Waals surface area contributed by atoms with Crippen LogP contribution in [0.5, 0.6) is 0 Å². The third-order valence-electron chi connectivity index (χ3n) is 4.18. The van der Waals surface area contributed by atoms with Gasteiger partial charge >= 0.3 is 6.18 Å². The molecule has 0 spiro atoms. The third kappa shape index (κ3) is 8.45. The van der Waals surface area contributed by atoms with Crippen LogP contribution in [0.15, 0.2) is 0 Å². The molecule has 0 aromatic heterocycles. The van der Waals surface area contributed by atoms with Crippen LogP contribution < -0.4 is 5.32 Å². The Hall–Kier alpha value is 0.250. The van der Waals surface area contributed by atoms with Crippen molar-refractivity contribution in [3.05, 3.63) is 0 Å². The predicted octanol–water partition coefficient (Wildman–Crippen LogP) is 2.40. The van der Waals surface area contributed by atoms with E-state index >= 15 is 0 Å². The number of alkyl halides is 3. The van der Waals surface area contributed by atoms with Crippen LogP contribution in [0.25, 0.3) is 0 Å². The Bertz CT molecular complexity index is 266. The molecular weight excluding hydrogens is 326 g/mol. The molecule has 21 heavy (non-hydrogen) atoms. The summed E-state index contributed by atoms with van der Waals surface area (Å²) < 4.78 is 36.8. The SMILES string of the molecule is Cl.Cl.FC(F)(F)CN1CCN(CCC2CCNCC2)CC1. The summed E-state index contributed by atoms with van der Waals surface area (Å²) in [6, 6.07) is 0. The summed E-state index contributed by atoms with van der Waals surface area (Å²) in [5.41, 5.74) is 0. The van der Waals surface area contributed by atoms with Crippen molar-refractivity contribution in [2.75, 3.05) is 52.4 Å². The molecule has 0 radical (unpaired) electrons. The average Bonchev–Trinajstić information content (AvgIpc) is 2.37. The fraction of sp³-hybridized carbons (Fsp3) is 1.00. The van der Waals surface area contributed by atoms with Crippen molar-refractivity contribution < 1.29 is 13.2 Å². The molecule has 0 bridgehead atoms. The second-order valence-corrected chi connectivity index (χ2v) is 5.72. The molecular formula is C13H26Cl2F3N3. The molecule has 2 saturated heterocycles. The lowest BCUT2D eigenvalue weighted by Crippen LogP contribution is -2.49. The molecule has 2 aliphatic heterocycles. The summed E-state index contributed by atoms with van der Waals surface area (Å²) in [5, 5.41) is 3.35. The first-order valence-electron chi connectivity index (χ1n) is 7.25. The number of nitrogens with one attached hydrogen (secondary N) is 1. The molecule has 3 nitrogen and oxygen atoms in total. The lowest BCUT2D eigenvalue weighted by atomic mass is 9.94. The zero-order valence-electron chi connectivity index (χ0n) is 12.2. The number of rotatable bonds is 4. The van der Waals surface area contributed by atoms with E-state index in [1.54, 1.807) is 0 Å². The Morgan fingerprint density at radius 1 is 0.905 bits per heavy atom. The minimum Gasteiger partial charge on any atom is -0.317 e. The molecule has 0 atom stereocenters. The lowest BCUT2D eigenvalue weighted by molar-refractivity contribution is -0.149. The van der Waals surface area contributed by atoms with E-state index in [4.69, 9.17) is 0 Å². The highest BCUT2D eigenvalue weighted by molar-refractivity contribution is 5.85. The van der Waals surface area contributed by atoms with Gasteiger partial charge in [0.1, 0.15) is 0 Å². The van der Waals surface area contributed by atoms with Gasteiger partial charge in [-0.15, -0.1) is 24.8 Å². The maximum Gasteiger partial charge on any atom is 0.401 e. The molecule has 0 saturated carbocycles. The molecule has 2 fully saturated rings. The van der Waals surface area contributed by atoms with Crippen molar-refractivity contribution in [2.24, 2.45) is 5.92 Å². The van der Waals surface area contributed by atoms with Crippen LogP contribution in [0.2, 0.25) is 0 Å². The Kier molecular flexibility index (Phi) is 10.2. The zero-order chi connectivity index (χ0) is 13.7. The van der Waals surface area contributed by atoms with Gasteiger partial charge in [0, 0.05) is 26.2 Å². The van der Waals surface area contributed by atoms with Gasteiger partial charge in [0.05, 0.1) is 6.54 Å². The number of piperazine rings is 1. The molecule has 2 aliphatic rings. The Morgan fingerprint density at radius 3 is 1.95 bits per heavy atom. The molecule has 8 heteroatoms. The van der Waals surface area contributed by atoms with Crippen molar-refractivity contribution in [1.82, 2.24) is 15.1 Å². The summed E-state index contributed by atoms with van der Waals surface area (Å²) in [5.74, 6) is 0.800. The number of piperidine rings is 1. The summed E-state index contributed by atoms with van der Waals surface area (Å²) in [6.45, 7) is 5.17. The molecule has 0 aromatic rings. The molecule has 2 heterocycles. The maximum absolute atomic E-state index is 12.3. The summed E-state index contributed by atoms with van der Waals surface area (Å²) in [7, 11) is 0. The molecule has 0 amide bonds. The molecule has 1 N–H and O–H groups in total. The van der Waals surface area contributed by atoms with Crippen molar-refractivity contribution in [3.63, 3.8) is 0 Å². The fourth-order valence-electron chi connectivity index (χ4n) is 2.96. The van der Waals surface area contributed by atoms with Gasteiger partial charge in [-0.2, -0.15) is 13.2 Å². The zero-order valence-corrected chi connectivity index (χ0v) is 13.8. The highest BCUT2D eigenvalue weighted by atomic mass is 35.5. The standard InChI is InChI=1S/C13H24F3N3.2ClH/c14-13(15,16)11-19-9-7-18(8-10-19)6-3-12-1-4-17-5-2-12;;/h12,17H,1-11H2;2*1H. The van der Waals surface area contributed by atoms with Crippen LogP contribution in [-0.4, -0.2) is 68.3 Å². The van der Waals surface area contributed by atoms with E-state index in [1.165, 1.54) is 24.2 Å². The highest BCUT2D eigenvalue weighted by Crippen LogP contribution is 2.19. The van der Waals surface area contributed by atoms with E-state index in [9.17, 15) is 13.2 Å². The largest absolute Gasteiger partial charge is 0.401 e. The topological polar surface area (TPSA) is 18.5 Å². The smallest absolute Gasteiger partial charge is 0.317 e. The van der Waals surface area contributed by atoms with Crippen molar-refractivity contribution in [2.45, 2.75) is 25.4 Å². The highest BCUT2D eigenvalue weighted by Gasteiger charge is 2.32. The van der Waals surface area contributed by atoms with Crippen LogP contribution in [0.4, 0.5) is 13.2 Å². The van der Waals surface area contributed by atoms with Gasteiger partial charge in [-0.25, -0.2) is 0 Å². The van der Waals surface area contributed by atoms with Crippen LogP contribution in [0, 0.1) is 5.92 Å². The maximum atomic E-state index is 12.3. The van der Waals surface area contributed by atoms with E-state index in [2.05, 4.69) is 10.2 Å². The molecule has 128 valence electrons. The first-order chi connectivity index (χ1) is 9.03. The summed E-state index contributed by atoms with van der Waals surface area (Å²) in [4.78, 5) is 3.83. The first-order valence-corrected chi connectivity index (χ1v) is 7.25. The molecule has 0 aromatic carbocycles. The number of hydrogen-bond acceptors (Lipinski definition) is 3. The van der Waals surface area contributed by atoms with Crippen molar-refractivity contribution in [3.8, 4) is 0 Å². The number of nitrogens with zero attached hydrogens (tertiary/aromatic N) is 2. The van der Waals surface area contributed by atoms with Gasteiger partial charge in [-0.05, 0) is 44.8 Å². The second kappa shape index (κ2) is 10.1. The van der Waals surface area contributed by atoms with E-state index in [0.717, 1.165) is 38.6 Å². The van der Waals surface area contributed by atoms with Gasteiger partial charge in [-0.3, -0.25) is 4.90 Å². The van der Waals surface area contributed by atoms with E-state index in [-0.39, 0.29) is 24.8 Å². The Balaban J connectivity index is 0.00000200. The third-order valence-corrected chi connectivity index (χ3v) is 4.18.